The summed E-state index contributed by atoms with van der Waals surface area (Å²) in [4.78, 5) is 20.8. The summed E-state index contributed by atoms with van der Waals surface area (Å²) in [5.41, 5.74) is 9.81. The van der Waals surface area contributed by atoms with Crippen LogP contribution in [0.2, 0.25) is 0 Å². The zero-order valence-electron chi connectivity index (χ0n) is 32.1. The molecule has 6 heteroatoms. The zero-order chi connectivity index (χ0) is 39.6. The van der Waals surface area contributed by atoms with E-state index in [2.05, 4.69) is 176 Å². The predicted molar refractivity (Wildman–Crippen MR) is 254 cm³/mol. The average molecular weight is 801 g/mol. The van der Waals surface area contributed by atoms with Crippen molar-refractivity contribution in [1.29, 1.82) is 0 Å². The fourth-order valence-corrected chi connectivity index (χ4v) is 10.7. The molecule has 0 saturated heterocycles. The fourth-order valence-electron chi connectivity index (χ4n) is 8.43. The van der Waals surface area contributed by atoms with Crippen LogP contribution in [0.15, 0.2) is 194 Å². The van der Waals surface area contributed by atoms with Crippen molar-refractivity contribution in [2.24, 2.45) is 0 Å². The highest BCUT2D eigenvalue weighted by atomic mass is 32.1. The smallest absolute Gasteiger partial charge is 0.164 e. The standard InChI is InChI=1S/C54H32N4S2/c1-3-13-33(14-4-1)35-23-26-37(27-24-35)54-55-49-47(60-54)32-45(50-48(49)44-21-11-12-22-46(44)59-50)42-29-30-43(41-20-10-9-19-40(41)42)53-57-51(36-16-5-2-6-17-36)56-52(58-53)39-28-25-34-15-7-8-18-38(34)31-39/h1-32H. The Bertz CT molecular complexity index is 3590. The number of aromatic nitrogens is 4. The highest BCUT2D eigenvalue weighted by Crippen LogP contribution is 2.48. The first-order valence-electron chi connectivity index (χ1n) is 20.0. The van der Waals surface area contributed by atoms with Crippen molar-refractivity contribution in [2.75, 3.05) is 0 Å². The molecule has 60 heavy (non-hydrogen) atoms. The number of nitrogens with zero attached hydrogens (tertiary/aromatic N) is 4. The minimum Gasteiger partial charge on any atom is -0.235 e. The number of hydrogen-bond acceptors (Lipinski definition) is 6. The molecule has 0 aliphatic rings. The lowest BCUT2D eigenvalue weighted by molar-refractivity contribution is 1.08. The molecule has 0 bridgehead atoms. The van der Waals surface area contributed by atoms with E-state index >= 15 is 0 Å². The molecule has 0 spiro atoms. The average Bonchev–Trinajstić information content (AvgIpc) is 3.93. The molecular formula is C54H32N4S2. The summed E-state index contributed by atoms with van der Waals surface area (Å²) in [6.07, 6.45) is 0. The van der Waals surface area contributed by atoms with E-state index in [4.69, 9.17) is 19.9 Å². The predicted octanol–water partition coefficient (Wildman–Crippen LogP) is 15.2. The third kappa shape index (κ3) is 5.88. The molecule has 0 atom stereocenters. The maximum Gasteiger partial charge on any atom is 0.164 e. The van der Waals surface area contributed by atoms with E-state index in [1.165, 1.54) is 52.5 Å². The van der Waals surface area contributed by atoms with Crippen LogP contribution in [-0.2, 0) is 0 Å². The molecule has 0 fully saturated rings. The van der Waals surface area contributed by atoms with Gasteiger partial charge in [-0.15, -0.1) is 22.7 Å². The third-order valence-corrected chi connectivity index (χ3v) is 13.6. The molecule has 12 rings (SSSR count). The molecule has 280 valence electrons. The summed E-state index contributed by atoms with van der Waals surface area (Å²) in [6.45, 7) is 0. The van der Waals surface area contributed by atoms with Crippen molar-refractivity contribution in [3.63, 3.8) is 0 Å². The second kappa shape index (κ2) is 14.2. The minimum absolute atomic E-state index is 0.641. The molecule has 0 N–H and O–H groups in total. The lowest BCUT2D eigenvalue weighted by Gasteiger charge is -2.14. The molecule has 3 heterocycles. The van der Waals surface area contributed by atoms with Crippen molar-refractivity contribution in [3.05, 3.63) is 194 Å². The van der Waals surface area contributed by atoms with Gasteiger partial charge in [-0.05, 0) is 62.5 Å². The number of thiophene rings is 1. The summed E-state index contributed by atoms with van der Waals surface area (Å²) in [7, 11) is 0. The number of rotatable bonds is 6. The molecule has 0 amide bonds. The van der Waals surface area contributed by atoms with Gasteiger partial charge in [-0.1, -0.05) is 170 Å². The van der Waals surface area contributed by atoms with Crippen molar-refractivity contribution >= 4 is 74.6 Å². The van der Waals surface area contributed by atoms with E-state index in [1.807, 2.05) is 29.5 Å². The second-order valence-corrected chi connectivity index (χ2v) is 17.1. The normalized spacial score (nSPS) is 11.7. The van der Waals surface area contributed by atoms with Gasteiger partial charge in [0.1, 0.15) is 5.01 Å². The highest BCUT2D eigenvalue weighted by Gasteiger charge is 2.21. The van der Waals surface area contributed by atoms with E-state index < -0.39 is 0 Å². The van der Waals surface area contributed by atoms with Crippen LogP contribution >= 0.6 is 22.7 Å². The number of hydrogen-bond donors (Lipinski definition) is 0. The molecule has 0 saturated carbocycles. The molecule has 0 radical (unpaired) electrons. The Kier molecular flexibility index (Phi) is 8.18. The second-order valence-electron chi connectivity index (χ2n) is 15.0. The molecule has 9 aromatic carbocycles. The maximum atomic E-state index is 5.37. The molecule has 4 nitrogen and oxygen atoms in total. The van der Waals surface area contributed by atoms with Crippen LogP contribution in [0.4, 0.5) is 0 Å². The van der Waals surface area contributed by atoms with Gasteiger partial charge >= 0.3 is 0 Å². The quantitative estimate of drug-likeness (QED) is 0.168. The van der Waals surface area contributed by atoms with Gasteiger partial charge in [0.25, 0.3) is 0 Å². The molecular weight excluding hydrogens is 769 g/mol. The summed E-state index contributed by atoms with van der Waals surface area (Å²) in [5.74, 6) is 1.93. The summed E-state index contributed by atoms with van der Waals surface area (Å²) in [6, 6.07) is 68.5. The van der Waals surface area contributed by atoms with Crippen LogP contribution in [-0.4, -0.2) is 19.9 Å². The van der Waals surface area contributed by atoms with Gasteiger partial charge in [0.15, 0.2) is 17.5 Å². The Morgan fingerprint density at radius 2 is 0.883 bits per heavy atom. The van der Waals surface area contributed by atoms with Gasteiger partial charge in [0.05, 0.1) is 10.2 Å². The SMILES string of the molecule is c1ccc(-c2ccc(-c3nc4c(cc(-c5ccc(-c6nc(-c7ccccc7)nc(-c7ccc8ccccc8c7)n6)c6ccccc56)c5sc6ccccc6c54)s3)cc2)cc1. The van der Waals surface area contributed by atoms with Gasteiger partial charge in [-0.2, -0.15) is 0 Å². The van der Waals surface area contributed by atoms with Crippen LogP contribution in [0.5, 0.6) is 0 Å². The molecule has 0 aliphatic heterocycles. The van der Waals surface area contributed by atoms with Crippen LogP contribution in [0, 0.1) is 0 Å². The number of thiazole rings is 1. The third-order valence-electron chi connectivity index (χ3n) is 11.4. The van der Waals surface area contributed by atoms with E-state index in [0.29, 0.717) is 17.5 Å². The van der Waals surface area contributed by atoms with E-state index in [9.17, 15) is 0 Å². The van der Waals surface area contributed by atoms with Crippen molar-refractivity contribution in [3.8, 4) is 67.0 Å². The van der Waals surface area contributed by atoms with E-state index in [0.717, 1.165) is 48.9 Å². The summed E-state index contributed by atoms with van der Waals surface area (Å²) < 4.78 is 3.66. The Balaban J connectivity index is 1.04. The number of benzene rings is 9. The summed E-state index contributed by atoms with van der Waals surface area (Å²) >= 11 is 3.60. The van der Waals surface area contributed by atoms with Crippen LogP contribution in [0.3, 0.4) is 0 Å². The Labute approximate surface area is 353 Å². The first-order chi connectivity index (χ1) is 29.7. The highest BCUT2D eigenvalue weighted by molar-refractivity contribution is 7.27. The Hall–Kier alpha value is -7.38. The van der Waals surface area contributed by atoms with Crippen LogP contribution in [0.1, 0.15) is 0 Å². The summed E-state index contributed by atoms with van der Waals surface area (Å²) in [5, 5.41) is 8.02. The molecule has 0 aliphatic carbocycles. The monoisotopic (exact) mass is 800 g/mol. The first kappa shape index (κ1) is 34.6. The van der Waals surface area contributed by atoms with Crippen molar-refractivity contribution in [2.45, 2.75) is 0 Å². The van der Waals surface area contributed by atoms with Crippen LogP contribution in [0.25, 0.3) is 119 Å². The topological polar surface area (TPSA) is 51.6 Å². The largest absolute Gasteiger partial charge is 0.235 e. The van der Waals surface area contributed by atoms with Crippen LogP contribution < -0.4 is 0 Å². The Morgan fingerprint density at radius 1 is 0.317 bits per heavy atom. The van der Waals surface area contributed by atoms with Gasteiger partial charge in [0, 0.05) is 48.0 Å². The van der Waals surface area contributed by atoms with Gasteiger partial charge < -0.3 is 0 Å². The number of fused-ring (bicyclic) bond motifs is 7. The van der Waals surface area contributed by atoms with Gasteiger partial charge in [-0.25, -0.2) is 19.9 Å². The lowest BCUT2D eigenvalue weighted by atomic mass is 9.93. The van der Waals surface area contributed by atoms with Crippen molar-refractivity contribution < 1.29 is 0 Å². The fraction of sp³-hybridized carbons (Fsp3) is 0. The van der Waals surface area contributed by atoms with E-state index in [-0.39, 0.29) is 0 Å². The first-order valence-corrected chi connectivity index (χ1v) is 21.6. The van der Waals surface area contributed by atoms with Crippen molar-refractivity contribution in [1.82, 2.24) is 19.9 Å². The van der Waals surface area contributed by atoms with E-state index in [1.54, 1.807) is 11.3 Å². The van der Waals surface area contributed by atoms with Gasteiger partial charge in [0.2, 0.25) is 0 Å². The van der Waals surface area contributed by atoms with Gasteiger partial charge in [-0.3, -0.25) is 0 Å². The molecule has 12 aromatic rings. The maximum absolute atomic E-state index is 5.37. The zero-order valence-corrected chi connectivity index (χ0v) is 33.7. The lowest BCUT2D eigenvalue weighted by Crippen LogP contribution is -2.00. The minimum atomic E-state index is 0.641. The molecule has 3 aromatic heterocycles. The Morgan fingerprint density at radius 3 is 1.67 bits per heavy atom. The molecule has 0 unspecified atom stereocenters.